The highest BCUT2D eigenvalue weighted by Crippen LogP contribution is 2.25. The molecule has 2 rings (SSSR count). The molecule has 1 aliphatic heterocycles. The van der Waals surface area contributed by atoms with E-state index in [4.69, 9.17) is 16.3 Å². The Labute approximate surface area is 123 Å². The minimum absolute atomic E-state index is 0.00715. The Hall–Kier alpha value is -1.40. The Morgan fingerprint density at radius 3 is 3.05 bits per heavy atom. The number of amides is 1. The largest absolute Gasteiger partial charge is 0.377 e. The molecule has 1 unspecified atom stereocenters. The molecule has 1 aromatic rings. The van der Waals surface area contributed by atoms with Gasteiger partial charge in [0.25, 0.3) is 0 Å². The summed E-state index contributed by atoms with van der Waals surface area (Å²) in [6, 6.07) is 1.50. The summed E-state index contributed by atoms with van der Waals surface area (Å²) in [7, 11) is 3.23. The van der Waals surface area contributed by atoms with Crippen LogP contribution >= 0.6 is 11.6 Å². The number of methoxy groups -OCH3 is 1. The number of hydrogen-bond acceptors (Lipinski definition) is 5. The molecule has 0 aliphatic carbocycles. The standard InChI is InChI=1S/C13H19ClN4O2/c1-15-13(19)9-5-3-4-6-18(9)12-7-10(14)16-11(17-12)8-20-2/h7,9H,3-6,8H2,1-2H3,(H,15,19). The second kappa shape index (κ2) is 6.85. The molecule has 1 aromatic heterocycles. The van der Waals surface area contributed by atoms with Crippen molar-refractivity contribution in [2.45, 2.75) is 31.9 Å². The third kappa shape index (κ3) is 3.37. The highest BCUT2D eigenvalue weighted by molar-refractivity contribution is 6.29. The van der Waals surface area contributed by atoms with E-state index in [0.717, 1.165) is 25.8 Å². The van der Waals surface area contributed by atoms with Crippen LogP contribution in [0.2, 0.25) is 5.15 Å². The number of nitrogens with one attached hydrogen (secondary N) is 1. The maximum Gasteiger partial charge on any atom is 0.242 e. The summed E-state index contributed by atoms with van der Waals surface area (Å²) in [6.07, 6.45) is 2.90. The van der Waals surface area contributed by atoms with E-state index in [1.54, 1.807) is 20.2 Å². The molecule has 1 N–H and O–H groups in total. The van der Waals surface area contributed by atoms with Gasteiger partial charge in [0.15, 0.2) is 5.82 Å². The molecule has 1 aliphatic rings. The van der Waals surface area contributed by atoms with Gasteiger partial charge in [-0.1, -0.05) is 11.6 Å². The van der Waals surface area contributed by atoms with Crippen molar-refractivity contribution in [3.63, 3.8) is 0 Å². The predicted octanol–water partition coefficient (Wildman–Crippen LogP) is 1.38. The molecule has 0 radical (unpaired) electrons. The highest BCUT2D eigenvalue weighted by atomic mass is 35.5. The Balaban J connectivity index is 2.29. The van der Waals surface area contributed by atoms with Crippen LogP contribution < -0.4 is 10.2 Å². The van der Waals surface area contributed by atoms with Crippen molar-refractivity contribution in [3.05, 3.63) is 17.0 Å². The van der Waals surface area contributed by atoms with E-state index in [1.165, 1.54) is 0 Å². The van der Waals surface area contributed by atoms with Gasteiger partial charge in [0, 0.05) is 26.8 Å². The van der Waals surface area contributed by atoms with E-state index in [9.17, 15) is 4.79 Å². The number of rotatable bonds is 4. The van der Waals surface area contributed by atoms with Crippen molar-refractivity contribution in [1.82, 2.24) is 15.3 Å². The summed E-state index contributed by atoms with van der Waals surface area (Å²) in [5, 5.41) is 3.07. The number of aromatic nitrogens is 2. The third-order valence-corrected chi connectivity index (χ3v) is 3.54. The highest BCUT2D eigenvalue weighted by Gasteiger charge is 2.29. The van der Waals surface area contributed by atoms with E-state index in [2.05, 4.69) is 15.3 Å². The van der Waals surface area contributed by atoms with E-state index < -0.39 is 0 Å². The number of carbonyl (C=O) groups is 1. The van der Waals surface area contributed by atoms with Crippen molar-refractivity contribution >= 4 is 23.3 Å². The molecule has 1 amide bonds. The van der Waals surface area contributed by atoms with Crippen molar-refractivity contribution < 1.29 is 9.53 Å². The van der Waals surface area contributed by atoms with Crippen LogP contribution in [0.3, 0.4) is 0 Å². The number of anilines is 1. The first-order chi connectivity index (χ1) is 9.65. The molecular weight excluding hydrogens is 280 g/mol. The SMILES string of the molecule is CNC(=O)C1CCCCN1c1cc(Cl)nc(COC)n1. The Morgan fingerprint density at radius 2 is 2.35 bits per heavy atom. The average molecular weight is 299 g/mol. The quantitative estimate of drug-likeness (QED) is 0.851. The fraction of sp³-hybridized carbons (Fsp3) is 0.615. The fourth-order valence-electron chi connectivity index (χ4n) is 2.44. The van der Waals surface area contributed by atoms with Crippen LogP contribution in [0, 0.1) is 0 Å². The molecule has 2 heterocycles. The van der Waals surface area contributed by atoms with Gasteiger partial charge in [-0.05, 0) is 19.3 Å². The van der Waals surface area contributed by atoms with Gasteiger partial charge in [-0.3, -0.25) is 4.79 Å². The third-order valence-electron chi connectivity index (χ3n) is 3.35. The van der Waals surface area contributed by atoms with Gasteiger partial charge in [0.2, 0.25) is 5.91 Å². The zero-order valence-corrected chi connectivity index (χ0v) is 12.5. The van der Waals surface area contributed by atoms with Crippen molar-refractivity contribution in [2.75, 3.05) is 25.6 Å². The van der Waals surface area contributed by atoms with Gasteiger partial charge in [-0.25, -0.2) is 9.97 Å². The number of ether oxygens (including phenoxy) is 1. The Morgan fingerprint density at radius 1 is 1.55 bits per heavy atom. The monoisotopic (exact) mass is 298 g/mol. The second-order valence-corrected chi connectivity index (χ2v) is 5.10. The lowest BCUT2D eigenvalue weighted by Gasteiger charge is -2.35. The number of halogens is 1. The van der Waals surface area contributed by atoms with Gasteiger partial charge in [0.05, 0.1) is 0 Å². The summed E-state index contributed by atoms with van der Waals surface area (Å²) in [4.78, 5) is 22.5. The molecule has 6 nitrogen and oxygen atoms in total. The molecule has 0 saturated carbocycles. The number of nitrogens with zero attached hydrogens (tertiary/aromatic N) is 3. The maximum absolute atomic E-state index is 12.0. The number of hydrogen-bond donors (Lipinski definition) is 1. The average Bonchev–Trinajstić information content (AvgIpc) is 2.46. The summed E-state index contributed by atoms with van der Waals surface area (Å²) in [5.41, 5.74) is 0. The lowest BCUT2D eigenvalue weighted by molar-refractivity contribution is -0.122. The van der Waals surface area contributed by atoms with Crippen LogP contribution in [0.15, 0.2) is 6.07 Å². The van der Waals surface area contributed by atoms with E-state index in [-0.39, 0.29) is 11.9 Å². The zero-order chi connectivity index (χ0) is 14.5. The minimum Gasteiger partial charge on any atom is -0.377 e. The number of carbonyl (C=O) groups excluding carboxylic acids is 1. The first kappa shape index (κ1) is 15.0. The number of likely N-dealkylation sites (N-methyl/N-ethyl adjacent to an activating group) is 1. The van der Waals surface area contributed by atoms with Crippen LogP contribution in [-0.2, 0) is 16.1 Å². The van der Waals surface area contributed by atoms with Crippen LogP contribution in [-0.4, -0.2) is 42.6 Å². The van der Waals surface area contributed by atoms with Crippen LogP contribution in [0.4, 0.5) is 5.82 Å². The van der Waals surface area contributed by atoms with Gasteiger partial charge >= 0.3 is 0 Å². The van der Waals surface area contributed by atoms with Crippen molar-refractivity contribution in [1.29, 1.82) is 0 Å². The van der Waals surface area contributed by atoms with Crippen molar-refractivity contribution in [2.24, 2.45) is 0 Å². The number of piperidine rings is 1. The maximum atomic E-state index is 12.0. The summed E-state index contributed by atoms with van der Waals surface area (Å²) in [5.74, 6) is 1.22. The molecule has 20 heavy (non-hydrogen) atoms. The molecule has 7 heteroatoms. The summed E-state index contributed by atoms with van der Waals surface area (Å²) < 4.78 is 5.04. The van der Waals surface area contributed by atoms with Crippen LogP contribution in [0.5, 0.6) is 0 Å². The van der Waals surface area contributed by atoms with E-state index >= 15 is 0 Å². The predicted molar refractivity (Wildman–Crippen MR) is 76.8 cm³/mol. The summed E-state index contributed by atoms with van der Waals surface area (Å²) in [6.45, 7) is 1.09. The normalized spacial score (nSPS) is 18.9. The molecule has 110 valence electrons. The Kier molecular flexibility index (Phi) is 5.14. The van der Waals surface area contributed by atoms with Gasteiger partial charge in [-0.2, -0.15) is 0 Å². The molecule has 1 fully saturated rings. The van der Waals surface area contributed by atoms with E-state index in [1.807, 2.05) is 4.90 Å². The van der Waals surface area contributed by atoms with Crippen LogP contribution in [0.1, 0.15) is 25.1 Å². The van der Waals surface area contributed by atoms with Crippen molar-refractivity contribution in [3.8, 4) is 0 Å². The zero-order valence-electron chi connectivity index (χ0n) is 11.7. The first-order valence-corrected chi connectivity index (χ1v) is 7.04. The minimum atomic E-state index is -0.199. The van der Waals surface area contributed by atoms with Gasteiger partial charge in [0.1, 0.15) is 23.6 Å². The van der Waals surface area contributed by atoms with Crippen LogP contribution in [0.25, 0.3) is 0 Å². The van der Waals surface area contributed by atoms with Gasteiger partial charge in [-0.15, -0.1) is 0 Å². The molecule has 1 saturated heterocycles. The molecule has 0 aromatic carbocycles. The smallest absolute Gasteiger partial charge is 0.242 e. The topological polar surface area (TPSA) is 67.4 Å². The van der Waals surface area contributed by atoms with Gasteiger partial charge < -0.3 is 15.0 Å². The first-order valence-electron chi connectivity index (χ1n) is 6.66. The Bertz CT molecular complexity index is 483. The lowest BCUT2D eigenvalue weighted by atomic mass is 10.0. The summed E-state index contributed by atoms with van der Waals surface area (Å²) >= 11 is 6.03. The van der Waals surface area contributed by atoms with E-state index in [0.29, 0.717) is 23.4 Å². The second-order valence-electron chi connectivity index (χ2n) is 4.72. The molecular formula is C13H19ClN4O2. The molecule has 0 spiro atoms. The lowest BCUT2D eigenvalue weighted by Crippen LogP contribution is -2.49. The molecule has 0 bridgehead atoms. The fourth-order valence-corrected chi connectivity index (χ4v) is 2.63. The molecule has 1 atom stereocenters.